The van der Waals surface area contributed by atoms with Gasteiger partial charge in [-0.2, -0.15) is 13.2 Å². The number of hydrogen-bond donors (Lipinski definition) is 1. The highest BCUT2D eigenvalue weighted by Crippen LogP contribution is 2.48. The Morgan fingerprint density at radius 1 is 1.33 bits per heavy atom. The molecule has 0 heterocycles. The second kappa shape index (κ2) is 4.57. The van der Waals surface area contributed by atoms with E-state index in [4.69, 9.17) is 0 Å². The first-order valence-electron chi connectivity index (χ1n) is 6.32. The van der Waals surface area contributed by atoms with E-state index in [2.05, 4.69) is 5.32 Å². The predicted octanol–water partition coefficient (Wildman–Crippen LogP) is 3.70. The Labute approximate surface area is 105 Å². The van der Waals surface area contributed by atoms with Crippen LogP contribution in [0.5, 0.6) is 0 Å². The molecule has 1 atom stereocenters. The van der Waals surface area contributed by atoms with E-state index in [9.17, 15) is 13.2 Å². The number of nitrogens with one attached hydrogen (secondary N) is 1. The van der Waals surface area contributed by atoms with Gasteiger partial charge in [-0.05, 0) is 43.9 Å². The third-order valence-corrected chi connectivity index (χ3v) is 3.66. The molecule has 0 radical (unpaired) electrons. The lowest BCUT2D eigenvalue weighted by Crippen LogP contribution is -2.52. The Morgan fingerprint density at radius 2 is 2.06 bits per heavy atom. The number of benzene rings is 1. The fraction of sp³-hybridized carbons (Fsp3) is 0.571. The molecule has 1 aliphatic carbocycles. The van der Waals surface area contributed by atoms with Crippen molar-refractivity contribution >= 4 is 0 Å². The van der Waals surface area contributed by atoms with Crippen LogP contribution in [0.15, 0.2) is 18.2 Å². The molecule has 1 aromatic carbocycles. The molecule has 1 aromatic rings. The van der Waals surface area contributed by atoms with Gasteiger partial charge in [-0.3, -0.25) is 5.32 Å². The summed E-state index contributed by atoms with van der Waals surface area (Å²) in [5.41, 5.74) is 0.275. The summed E-state index contributed by atoms with van der Waals surface area (Å²) in [5.74, 6) is 0. The number of aryl methyl sites for hydroxylation is 2. The molecule has 1 unspecified atom stereocenters. The van der Waals surface area contributed by atoms with Crippen LogP contribution in [0.25, 0.3) is 0 Å². The Kier molecular flexibility index (Phi) is 3.41. The maximum Gasteiger partial charge on any atom is 0.410 e. The van der Waals surface area contributed by atoms with Crippen molar-refractivity contribution < 1.29 is 13.2 Å². The zero-order chi connectivity index (χ0) is 13.4. The molecule has 2 rings (SSSR count). The van der Waals surface area contributed by atoms with Crippen molar-refractivity contribution in [2.75, 3.05) is 6.54 Å². The van der Waals surface area contributed by atoms with E-state index < -0.39 is 11.7 Å². The normalized spacial score (nSPS) is 23.2. The molecule has 1 N–H and O–H groups in total. The van der Waals surface area contributed by atoms with E-state index in [1.807, 2.05) is 26.0 Å². The van der Waals surface area contributed by atoms with Gasteiger partial charge in [-0.15, -0.1) is 0 Å². The van der Waals surface area contributed by atoms with Crippen LogP contribution in [0.3, 0.4) is 0 Å². The lowest BCUT2D eigenvalue weighted by molar-refractivity contribution is -0.200. The van der Waals surface area contributed by atoms with Crippen LogP contribution in [0.2, 0.25) is 0 Å². The van der Waals surface area contributed by atoms with Gasteiger partial charge in [0.2, 0.25) is 0 Å². The van der Waals surface area contributed by atoms with Gasteiger partial charge >= 0.3 is 6.18 Å². The molecule has 1 aliphatic rings. The van der Waals surface area contributed by atoms with Crippen molar-refractivity contribution in [3.63, 3.8) is 0 Å². The number of halogens is 3. The van der Waals surface area contributed by atoms with Crippen molar-refractivity contribution in [3.05, 3.63) is 34.9 Å². The predicted molar refractivity (Wildman–Crippen MR) is 65.5 cm³/mol. The van der Waals surface area contributed by atoms with Crippen LogP contribution in [0.1, 0.15) is 36.5 Å². The Hall–Kier alpha value is -1.03. The van der Waals surface area contributed by atoms with Crippen LogP contribution in [-0.2, 0) is 12.0 Å². The molecule has 4 heteroatoms. The molecule has 0 bridgehead atoms. The molecule has 1 nitrogen and oxygen atoms in total. The molecule has 0 spiro atoms. The van der Waals surface area contributed by atoms with Crippen molar-refractivity contribution in [3.8, 4) is 0 Å². The fourth-order valence-electron chi connectivity index (χ4n) is 2.68. The Bertz CT molecular complexity index is 439. The third kappa shape index (κ3) is 2.03. The SMILES string of the molecule is CCCNC1(C(F)(F)F)CCc2ccc(C)cc21. The maximum atomic E-state index is 13.5. The van der Waals surface area contributed by atoms with Gasteiger partial charge in [0.05, 0.1) is 0 Å². The summed E-state index contributed by atoms with van der Waals surface area (Å²) in [5, 5.41) is 2.74. The first-order valence-corrected chi connectivity index (χ1v) is 6.32. The zero-order valence-corrected chi connectivity index (χ0v) is 10.7. The fourth-order valence-corrected chi connectivity index (χ4v) is 2.68. The first-order chi connectivity index (χ1) is 8.40. The van der Waals surface area contributed by atoms with Crippen LogP contribution in [0.4, 0.5) is 13.2 Å². The Balaban J connectivity index is 2.49. The van der Waals surface area contributed by atoms with Gasteiger partial charge in [-0.1, -0.05) is 30.7 Å². The highest BCUT2D eigenvalue weighted by molar-refractivity contribution is 5.42. The average molecular weight is 257 g/mol. The molecular formula is C14H18F3N. The minimum atomic E-state index is -4.25. The topological polar surface area (TPSA) is 12.0 Å². The molecule has 18 heavy (non-hydrogen) atoms. The van der Waals surface area contributed by atoms with Crippen molar-refractivity contribution in [2.24, 2.45) is 0 Å². The molecule has 0 saturated carbocycles. The summed E-state index contributed by atoms with van der Waals surface area (Å²) in [4.78, 5) is 0. The van der Waals surface area contributed by atoms with E-state index in [1.54, 1.807) is 6.07 Å². The minimum absolute atomic E-state index is 0.106. The third-order valence-electron chi connectivity index (χ3n) is 3.66. The number of rotatable bonds is 3. The smallest absolute Gasteiger partial charge is 0.300 e. The van der Waals surface area contributed by atoms with Gasteiger partial charge in [0.15, 0.2) is 0 Å². The number of alkyl halides is 3. The van der Waals surface area contributed by atoms with Crippen LogP contribution in [0, 0.1) is 6.92 Å². The summed E-state index contributed by atoms with van der Waals surface area (Å²) in [6.07, 6.45) is -2.96. The second-order valence-corrected chi connectivity index (χ2v) is 4.99. The summed E-state index contributed by atoms with van der Waals surface area (Å²) >= 11 is 0. The van der Waals surface area contributed by atoms with Gasteiger partial charge in [0.25, 0.3) is 0 Å². The number of fused-ring (bicyclic) bond motifs is 1. The van der Waals surface area contributed by atoms with Gasteiger partial charge in [0.1, 0.15) is 5.54 Å². The lowest BCUT2D eigenvalue weighted by Gasteiger charge is -2.34. The van der Waals surface area contributed by atoms with Crippen LogP contribution in [-0.4, -0.2) is 12.7 Å². The molecule has 0 amide bonds. The summed E-state index contributed by atoms with van der Waals surface area (Å²) < 4.78 is 40.5. The van der Waals surface area contributed by atoms with Crippen molar-refractivity contribution in [1.29, 1.82) is 0 Å². The van der Waals surface area contributed by atoms with Crippen LogP contribution >= 0.6 is 0 Å². The molecule has 100 valence electrons. The Morgan fingerprint density at radius 3 is 2.67 bits per heavy atom. The van der Waals surface area contributed by atoms with Gasteiger partial charge in [-0.25, -0.2) is 0 Å². The zero-order valence-electron chi connectivity index (χ0n) is 10.7. The molecule has 0 fully saturated rings. The largest absolute Gasteiger partial charge is 0.410 e. The highest BCUT2D eigenvalue weighted by atomic mass is 19.4. The maximum absolute atomic E-state index is 13.5. The van der Waals surface area contributed by atoms with E-state index in [-0.39, 0.29) is 6.42 Å². The molecule has 0 aromatic heterocycles. The first kappa shape index (κ1) is 13.4. The lowest BCUT2D eigenvalue weighted by atomic mass is 9.90. The molecule has 0 saturated heterocycles. The minimum Gasteiger partial charge on any atom is -0.300 e. The number of hydrogen-bond acceptors (Lipinski definition) is 1. The second-order valence-electron chi connectivity index (χ2n) is 4.99. The standard InChI is InChI=1S/C14H18F3N/c1-3-8-18-13(14(15,16)17)7-6-11-5-4-10(2)9-12(11)13/h4-5,9,18H,3,6-8H2,1-2H3. The molecule has 0 aliphatic heterocycles. The van der Waals surface area contributed by atoms with Crippen molar-refractivity contribution in [2.45, 2.75) is 44.8 Å². The van der Waals surface area contributed by atoms with E-state index in [1.165, 1.54) is 0 Å². The monoisotopic (exact) mass is 257 g/mol. The average Bonchev–Trinajstić information content (AvgIpc) is 2.65. The van der Waals surface area contributed by atoms with Crippen LogP contribution < -0.4 is 5.32 Å². The van der Waals surface area contributed by atoms with Gasteiger partial charge in [0, 0.05) is 0 Å². The summed E-state index contributed by atoms with van der Waals surface area (Å²) in [7, 11) is 0. The quantitative estimate of drug-likeness (QED) is 0.870. The van der Waals surface area contributed by atoms with E-state index in [0.717, 1.165) is 11.1 Å². The van der Waals surface area contributed by atoms with E-state index >= 15 is 0 Å². The summed E-state index contributed by atoms with van der Waals surface area (Å²) in [6.45, 7) is 4.09. The van der Waals surface area contributed by atoms with E-state index in [0.29, 0.717) is 24.9 Å². The highest BCUT2D eigenvalue weighted by Gasteiger charge is 2.58. The molecular weight excluding hydrogens is 239 g/mol. The summed E-state index contributed by atoms with van der Waals surface area (Å²) in [6, 6.07) is 5.38. The van der Waals surface area contributed by atoms with Gasteiger partial charge < -0.3 is 0 Å². The van der Waals surface area contributed by atoms with Crippen molar-refractivity contribution in [1.82, 2.24) is 5.32 Å².